The van der Waals surface area contributed by atoms with Crippen LogP contribution < -0.4 is 16.4 Å². The molecular weight excluding hydrogens is 370 g/mol. The average molecular weight is 383 g/mol. The fourth-order valence-electron chi connectivity index (χ4n) is 2.50. The van der Waals surface area contributed by atoms with E-state index in [0.717, 1.165) is 18.5 Å². The van der Waals surface area contributed by atoms with Crippen LogP contribution in [0.4, 0.5) is 34.0 Å². The predicted octanol–water partition coefficient (Wildman–Crippen LogP) is 3.68. The summed E-state index contributed by atoms with van der Waals surface area (Å²) in [5.41, 5.74) is 5.09. The first-order chi connectivity index (χ1) is 12.7. The van der Waals surface area contributed by atoms with Gasteiger partial charge in [0.25, 0.3) is 0 Å². The molecule has 1 aromatic carbocycles. The molecule has 0 aliphatic heterocycles. The van der Waals surface area contributed by atoms with Gasteiger partial charge in [0, 0.05) is 10.9 Å². The zero-order chi connectivity index (χ0) is 19.8. The summed E-state index contributed by atoms with van der Waals surface area (Å²) >= 11 is 0. The van der Waals surface area contributed by atoms with E-state index in [1.54, 1.807) is 5.32 Å². The second-order valence-electron chi connectivity index (χ2n) is 5.61. The molecule has 0 saturated heterocycles. The summed E-state index contributed by atoms with van der Waals surface area (Å²) in [5, 5.41) is 4.13. The normalized spacial score (nSPS) is 12.8. The average Bonchev–Trinajstić information content (AvgIpc) is 2.92. The lowest BCUT2D eigenvalue weighted by molar-refractivity contribution is -0.158. The van der Waals surface area contributed by atoms with Gasteiger partial charge in [-0.15, -0.1) is 0 Å². The molecule has 142 valence electrons. The highest BCUT2D eigenvalue weighted by molar-refractivity contribution is 5.89. The molecule has 11 heteroatoms. The molecule has 0 aliphatic carbocycles. The Morgan fingerprint density at radius 3 is 2.52 bits per heavy atom. The number of nitrogens with two attached hydrogens (primary N) is 1. The lowest BCUT2D eigenvalue weighted by atomic mass is 10.1. The SMILES string of the molecule is Cc1c(C(NC(=O)Nc2cnc(N)nc2)C(F)(F)F)oc2c(F)cccc12. The van der Waals surface area contributed by atoms with E-state index >= 15 is 0 Å². The van der Waals surface area contributed by atoms with Crippen LogP contribution in [0.1, 0.15) is 17.4 Å². The minimum Gasteiger partial charge on any atom is -0.455 e. The molecule has 3 rings (SSSR count). The van der Waals surface area contributed by atoms with Crippen molar-refractivity contribution in [1.82, 2.24) is 15.3 Å². The number of anilines is 2. The molecule has 1 atom stereocenters. The van der Waals surface area contributed by atoms with Crippen molar-refractivity contribution in [3.63, 3.8) is 0 Å². The van der Waals surface area contributed by atoms with E-state index in [4.69, 9.17) is 10.2 Å². The van der Waals surface area contributed by atoms with Gasteiger partial charge in [0.15, 0.2) is 17.4 Å². The number of nitrogens with zero attached hydrogens (tertiary/aromatic N) is 2. The van der Waals surface area contributed by atoms with Crippen molar-refractivity contribution in [2.45, 2.75) is 19.1 Å². The highest BCUT2D eigenvalue weighted by Crippen LogP contribution is 2.39. The third-order valence-electron chi connectivity index (χ3n) is 3.75. The number of urea groups is 1. The maximum Gasteiger partial charge on any atom is 0.416 e. The first kappa shape index (κ1) is 18.4. The molecule has 2 amide bonds. The Balaban J connectivity index is 1.91. The second-order valence-corrected chi connectivity index (χ2v) is 5.61. The number of carbonyl (C=O) groups is 1. The van der Waals surface area contributed by atoms with E-state index < -0.39 is 29.8 Å². The van der Waals surface area contributed by atoms with Gasteiger partial charge in [0.1, 0.15) is 5.76 Å². The van der Waals surface area contributed by atoms with Crippen LogP contribution in [0.5, 0.6) is 0 Å². The van der Waals surface area contributed by atoms with Gasteiger partial charge in [-0.3, -0.25) is 0 Å². The van der Waals surface area contributed by atoms with E-state index in [0.29, 0.717) is 0 Å². The number of amides is 2. The van der Waals surface area contributed by atoms with E-state index in [1.807, 2.05) is 0 Å². The minimum absolute atomic E-state index is 0.0370. The molecule has 3 aromatic rings. The van der Waals surface area contributed by atoms with Gasteiger partial charge >= 0.3 is 12.2 Å². The summed E-state index contributed by atoms with van der Waals surface area (Å²) in [6.45, 7) is 1.35. The van der Waals surface area contributed by atoms with Gasteiger partial charge in [-0.2, -0.15) is 13.2 Å². The number of aryl methyl sites for hydroxylation is 1. The number of alkyl halides is 3. The van der Waals surface area contributed by atoms with Gasteiger partial charge < -0.3 is 20.8 Å². The van der Waals surface area contributed by atoms with Crippen LogP contribution >= 0.6 is 0 Å². The maximum absolute atomic E-state index is 13.8. The summed E-state index contributed by atoms with van der Waals surface area (Å²) in [7, 11) is 0. The van der Waals surface area contributed by atoms with Crippen LogP contribution in [0.25, 0.3) is 11.0 Å². The number of halogens is 4. The Bertz CT molecular complexity index is 985. The van der Waals surface area contributed by atoms with Crippen LogP contribution in [0.3, 0.4) is 0 Å². The monoisotopic (exact) mass is 383 g/mol. The number of rotatable bonds is 3. The molecule has 0 spiro atoms. The second kappa shape index (κ2) is 6.74. The van der Waals surface area contributed by atoms with E-state index in [-0.39, 0.29) is 28.2 Å². The molecule has 0 aliphatic rings. The summed E-state index contributed by atoms with van der Waals surface area (Å²) in [4.78, 5) is 19.2. The number of carbonyl (C=O) groups excluding carboxylic acids is 1. The number of nitrogens with one attached hydrogen (secondary N) is 2. The Hall–Kier alpha value is -3.37. The van der Waals surface area contributed by atoms with Gasteiger partial charge in [0.2, 0.25) is 5.95 Å². The number of fused-ring (bicyclic) bond motifs is 1. The summed E-state index contributed by atoms with van der Waals surface area (Å²) in [5.74, 6) is -1.47. The number of hydrogen-bond donors (Lipinski definition) is 3. The van der Waals surface area contributed by atoms with Crippen LogP contribution in [0, 0.1) is 12.7 Å². The van der Waals surface area contributed by atoms with Gasteiger partial charge in [0.05, 0.1) is 18.1 Å². The zero-order valence-electron chi connectivity index (χ0n) is 13.8. The van der Waals surface area contributed by atoms with E-state index in [2.05, 4.69) is 15.3 Å². The molecule has 2 aromatic heterocycles. The van der Waals surface area contributed by atoms with Crippen LogP contribution in [-0.2, 0) is 0 Å². The number of benzene rings is 1. The van der Waals surface area contributed by atoms with Gasteiger partial charge in [-0.05, 0) is 13.0 Å². The largest absolute Gasteiger partial charge is 0.455 e. The minimum atomic E-state index is -4.88. The van der Waals surface area contributed by atoms with Crippen LogP contribution in [0.2, 0.25) is 0 Å². The number of furan rings is 1. The van der Waals surface area contributed by atoms with Crippen LogP contribution in [0.15, 0.2) is 35.0 Å². The summed E-state index contributed by atoms with van der Waals surface area (Å²) < 4.78 is 59.5. The van der Waals surface area contributed by atoms with Crippen molar-refractivity contribution in [2.75, 3.05) is 11.1 Å². The number of hydrogen-bond acceptors (Lipinski definition) is 5. The highest BCUT2D eigenvalue weighted by Gasteiger charge is 2.45. The first-order valence-electron chi connectivity index (χ1n) is 7.56. The van der Waals surface area contributed by atoms with Gasteiger partial charge in [-0.25, -0.2) is 19.2 Å². The third-order valence-corrected chi connectivity index (χ3v) is 3.75. The van der Waals surface area contributed by atoms with Crippen molar-refractivity contribution in [2.24, 2.45) is 0 Å². The van der Waals surface area contributed by atoms with E-state index in [9.17, 15) is 22.4 Å². The highest BCUT2D eigenvalue weighted by atomic mass is 19.4. The van der Waals surface area contributed by atoms with Crippen molar-refractivity contribution in [3.05, 3.63) is 47.7 Å². The molecule has 4 N–H and O–H groups in total. The van der Waals surface area contributed by atoms with Crippen molar-refractivity contribution in [1.29, 1.82) is 0 Å². The zero-order valence-corrected chi connectivity index (χ0v) is 13.8. The molecule has 0 radical (unpaired) electrons. The Labute approximate surface area is 149 Å². The maximum atomic E-state index is 13.8. The number of aromatic nitrogens is 2. The van der Waals surface area contributed by atoms with Gasteiger partial charge in [-0.1, -0.05) is 12.1 Å². The fraction of sp³-hybridized carbons (Fsp3) is 0.188. The number of para-hydroxylation sites is 1. The quantitative estimate of drug-likeness (QED) is 0.599. The smallest absolute Gasteiger partial charge is 0.416 e. The van der Waals surface area contributed by atoms with Crippen molar-refractivity contribution in [3.8, 4) is 0 Å². The molecule has 0 bridgehead atoms. The third kappa shape index (κ3) is 3.76. The molecule has 0 fully saturated rings. The van der Waals surface area contributed by atoms with Crippen molar-refractivity contribution < 1.29 is 26.8 Å². The first-order valence-corrected chi connectivity index (χ1v) is 7.56. The Kier molecular flexibility index (Phi) is 4.60. The topological polar surface area (TPSA) is 106 Å². The van der Waals surface area contributed by atoms with E-state index in [1.165, 1.54) is 19.1 Å². The Morgan fingerprint density at radius 1 is 1.26 bits per heavy atom. The molecule has 27 heavy (non-hydrogen) atoms. The standard InChI is InChI=1S/C16H13F4N5O2/c1-7-9-3-2-4-10(17)12(9)27-11(7)13(16(18,19)20)25-15(26)24-8-5-22-14(21)23-6-8/h2-6,13H,1H3,(H2,21,22,23)(H2,24,25,26). The lowest BCUT2D eigenvalue weighted by Gasteiger charge is -2.20. The molecular formula is C16H13F4N5O2. The molecule has 0 saturated carbocycles. The van der Waals surface area contributed by atoms with Crippen LogP contribution in [-0.4, -0.2) is 22.2 Å². The summed E-state index contributed by atoms with van der Waals surface area (Å²) in [6, 6.07) is 0.192. The Morgan fingerprint density at radius 2 is 1.93 bits per heavy atom. The fourth-order valence-corrected chi connectivity index (χ4v) is 2.50. The lowest BCUT2D eigenvalue weighted by Crippen LogP contribution is -2.40. The molecule has 1 unspecified atom stereocenters. The molecule has 2 heterocycles. The van der Waals surface area contributed by atoms with Crippen molar-refractivity contribution >= 4 is 28.6 Å². The molecule has 7 nitrogen and oxygen atoms in total. The summed E-state index contributed by atoms with van der Waals surface area (Å²) in [6.07, 6.45) is -2.62. The number of nitrogen functional groups attached to an aromatic ring is 1. The predicted molar refractivity (Wildman–Crippen MR) is 88.3 cm³/mol.